The van der Waals surface area contributed by atoms with E-state index in [0.29, 0.717) is 19.8 Å². The molecular weight excluding hydrogens is 340 g/mol. The van der Waals surface area contributed by atoms with Crippen LogP contribution < -0.4 is 0 Å². The van der Waals surface area contributed by atoms with Crippen LogP contribution in [0.25, 0.3) is 0 Å². The van der Waals surface area contributed by atoms with Gasteiger partial charge in [-0.15, -0.1) is 0 Å². The van der Waals surface area contributed by atoms with E-state index in [9.17, 15) is 0 Å². The molecule has 0 aliphatic rings. The van der Waals surface area contributed by atoms with Gasteiger partial charge in [0.05, 0.1) is 19.8 Å². The van der Waals surface area contributed by atoms with Gasteiger partial charge >= 0.3 is 8.80 Å². The van der Waals surface area contributed by atoms with Crippen molar-refractivity contribution in [1.82, 2.24) is 0 Å². The van der Waals surface area contributed by atoms with Gasteiger partial charge in [-0.25, -0.2) is 0 Å². The Morgan fingerprint density at radius 3 is 1.04 bits per heavy atom. The van der Waals surface area contributed by atoms with E-state index in [4.69, 9.17) is 13.3 Å². The van der Waals surface area contributed by atoms with Gasteiger partial charge in [0.2, 0.25) is 0 Å². The zero-order chi connectivity index (χ0) is 18.1. The van der Waals surface area contributed by atoms with E-state index in [-0.39, 0.29) is 0 Å². The molecule has 3 aromatic carbocycles. The molecule has 0 heterocycles. The lowest BCUT2D eigenvalue weighted by Gasteiger charge is -2.26. The van der Waals surface area contributed by atoms with E-state index in [1.54, 1.807) is 0 Å². The Labute approximate surface area is 156 Å². The van der Waals surface area contributed by atoms with Crippen LogP contribution in [0.3, 0.4) is 0 Å². The lowest BCUT2D eigenvalue weighted by Crippen LogP contribution is -2.42. The molecule has 0 aromatic heterocycles. The lowest BCUT2D eigenvalue weighted by molar-refractivity contribution is 0.0492. The van der Waals surface area contributed by atoms with Crippen LogP contribution in [-0.2, 0) is 33.1 Å². The third kappa shape index (κ3) is 5.93. The molecule has 0 bridgehead atoms. The highest BCUT2D eigenvalue weighted by atomic mass is 28.4. The fraction of sp³-hybridized carbons (Fsp3) is 0.182. The van der Waals surface area contributed by atoms with E-state index in [0.717, 1.165) is 16.7 Å². The molecule has 0 unspecified atom stereocenters. The van der Waals surface area contributed by atoms with E-state index < -0.39 is 8.80 Å². The first-order valence-corrected chi connectivity index (χ1v) is 11.0. The molecule has 26 heavy (non-hydrogen) atoms. The maximum absolute atomic E-state index is 6.15. The number of hydrogen-bond donors (Lipinski definition) is 0. The highest BCUT2D eigenvalue weighted by Crippen LogP contribution is 2.18. The molecule has 0 amide bonds. The quantitative estimate of drug-likeness (QED) is 0.488. The summed E-state index contributed by atoms with van der Waals surface area (Å²) in [5.74, 6) is 0. The minimum Gasteiger partial charge on any atom is -0.369 e. The molecule has 0 spiro atoms. The van der Waals surface area contributed by atoms with Crippen LogP contribution in [0.4, 0.5) is 0 Å². The Hall–Kier alpha value is -2.24. The summed E-state index contributed by atoms with van der Waals surface area (Å²) in [7, 11) is -2.80. The second-order valence-corrected chi connectivity index (χ2v) is 8.78. The van der Waals surface area contributed by atoms with Gasteiger partial charge in [-0.1, -0.05) is 91.0 Å². The maximum atomic E-state index is 6.15. The Bertz CT molecular complexity index is 657. The number of rotatable bonds is 9. The van der Waals surface area contributed by atoms with Crippen molar-refractivity contribution in [3.8, 4) is 0 Å². The van der Waals surface area contributed by atoms with Crippen molar-refractivity contribution < 1.29 is 13.3 Å². The zero-order valence-electron chi connectivity index (χ0n) is 15.0. The van der Waals surface area contributed by atoms with Gasteiger partial charge in [0.25, 0.3) is 0 Å². The molecule has 0 N–H and O–H groups in total. The zero-order valence-corrected chi connectivity index (χ0v) is 16.0. The van der Waals surface area contributed by atoms with Gasteiger partial charge < -0.3 is 13.3 Å². The van der Waals surface area contributed by atoms with Gasteiger partial charge in [-0.05, 0) is 16.7 Å². The van der Waals surface area contributed by atoms with E-state index >= 15 is 0 Å². The molecule has 4 heteroatoms. The Morgan fingerprint density at radius 2 is 0.769 bits per heavy atom. The predicted octanol–water partition coefficient (Wildman–Crippen LogP) is 5.21. The molecule has 0 aliphatic heterocycles. The molecule has 0 atom stereocenters. The SMILES string of the molecule is C[Si](OCc1ccccc1)(OCc1ccccc1)OCc1ccccc1. The summed E-state index contributed by atoms with van der Waals surface area (Å²) in [5, 5.41) is 0. The van der Waals surface area contributed by atoms with Gasteiger partial charge in [-0.2, -0.15) is 0 Å². The monoisotopic (exact) mass is 364 g/mol. The third-order valence-corrected chi connectivity index (χ3v) is 6.04. The van der Waals surface area contributed by atoms with Crippen molar-refractivity contribution in [2.24, 2.45) is 0 Å². The van der Waals surface area contributed by atoms with Crippen molar-refractivity contribution in [1.29, 1.82) is 0 Å². The van der Waals surface area contributed by atoms with Crippen LogP contribution in [0.5, 0.6) is 0 Å². The molecule has 0 aliphatic carbocycles. The van der Waals surface area contributed by atoms with Crippen molar-refractivity contribution in [3.05, 3.63) is 108 Å². The van der Waals surface area contributed by atoms with Crippen LogP contribution in [0.15, 0.2) is 91.0 Å². The second-order valence-electron chi connectivity index (χ2n) is 6.19. The van der Waals surface area contributed by atoms with E-state index in [2.05, 4.69) is 0 Å². The van der Waals surface area contributed by atoms with Crippen LogP contribution in [0, 0.1) is 0 Å². The summed E-state index contributed by atoms with van der Waals surface area (Å²) in [4.78, 5) is 0. The highest BCUT2D eigenvalue weighted by Gasteiger charge is 2.35. The Morgan fingerprint density at radius 1 is 0.500 bits per heavy atom. The molecule has 134 valence electrons. The summed E-state index contributed by atoms with van der Waals surface area (Å²) >= 11 is 0. The molecule has 0 saturated heterocycles. The topological polar surface area (TPSA) is 27.7 Å². The molecule has 0 saturated carbocycles. The molecule has 3 nitrogen and oxygen atoms in total. The molecule has 3 rings (SSSR count). The Kier molecular flexibility index (Phi) is 6.74. The third-order valence-electron chi connectivity index (χ3n) is 4.03. The summed E-state index contributed by atoms with van der Waals surface area (Å²) in [6, 6.07) is 30.3. The van der Waals surface area contributed by atoms with Crippen molar-refractivity contribution in [2.75, 3.05) is 0 Å². The van der Waals surface area contributed by atoms with Gasteiger partial charge in [-0.3, -0.25) is 0 Å². The largest absolute Gasteiger partial charge is 0.498 e. The first-order chi connectivity index (χ1) is 12.7. The van der Waals surface area contributed by atoms with Gasteiger partial charge in [0.1, 0.15) is 0 Å². The fourth-order valence-corrected chi connectivity index (χ4v) is 4.03. The molecule has 0 radical (unpaired) electrons. The first-order valence-electron chi connectivity index (χ1n) is 8.77. The van der Waals surface area contributed by atoms with E-state index in [1.165, 1.54) is 0 Å². The first kappa shape index (κ1) is 18.5. The van der Waals surface area contributed by atoms with Crippen LogP contribution >= 0.6 is 0 Å². The highest BCUT2D eigenvalue weighted by molar-refractivity contribution is 6.59. The average Bonchev–Trinajstić information content (AvgIpc) is 2.72. The molecule has 0 fully saturated rings. The lowest BCUT2D eigenvalue weighted by atomic mass is 10.2. The maximum Gasteiger partial charge on any atom is 0.498 e. The van der Waals surface area contributed by atoms with Crippen LogP contribution in [0.2, 0.25) is 6.55 Å². The van der Waals surface area contributed by atoms with Gasteiger partial charge in [0.15, 0.2) is 0 Å². The molecular formula is C22H24O3Si. The van der Waals surface area contributed by atoms with Crippen molar-refractivity contribution in [3.63, 3.8) is 0 Å². The summed E-state index contributed by atoms with van der Waals surface area (Å²) < 4.78 is 18.5. The summed E-state index contributed by atoms with van der Waals surface area (Å²) in [5.41, 5.74) is 3.33. The summed E-state index contributed by atoms with van der Waals surface area (Å²) in [6.45, 7) is 3.40. The minimum atomic E-state index is -2.80. The smallest absolute Gasteiger partial charge is 0.369 e. The standard InChI is InChI=1S/C22H24O3Si/c1-26(23-17-20-11-5-2-6-12-20,24-18-21-13-7-3-8-14-21)25-19-22-15-9-4-10-16-22/h2-16H,17-19H2,1H3. The van der Waals surface area contributed by atoms with Crippen LogP contribution in [0.1, 0.15) is 16.7 Å². The minimum absolute atomic E-state index is 0.479. The van der Waals surface area contributed by atoms with Gasteiger partial charge in [0, 0.05) is 6.55 Å². The van der Waals surface area contributed by atoms with Crippen LogP contribution in [-0.4, -0.2) is 8.80 Å². The average molecular weight is 365 g/mol. The number of hydrogen-bond acceptors (Lipinski definition) is 3. The second kappa shape index (κ2) is 9.45. The van der Waals surface area contributed by atoms with Crippen molar-refractivity contribution in [2.45, 2.75) is 26.4 Å². The number of benzene rings is 3. The van der Waals surface area contributed by atoms with E-state index in [1.807, 2.05) is 97.5 Å². The normalized spacial score (nSPS) is 11.4. The fourth-order valence-electron chi connectivity index (χ4n) is 2.49. The predicted molar refractivity (Wildman–Crippen MR) is 105 cm³/mol. The van der Waals surface area contributed by atoms with Crippen molar-refractivity contribution >= 4 is 8.80 Å². The summed E-state index contributed by atoms with van der Waals surface area (Å²) in [6.07, 6.45) is 0. The molecule has 3 aromatic rings. The Balaban J connectivity index is 1.64.